The molecule has 20 heavy (non-hydrogen) atoms. The van der Waals surface area contributed by atoms with Crippen molar-refractivity contribution in [3.8, 4) is 5.75 Å². The van der Waals surface area contributed by atoms with Crippen molar-refractivity contribution >= 4 is 11.7 Å². The number of rotatable bonds is 4. The number of aryl methyl sites for hydroxylation is 1. The maximum absolute atomic E-state index is 11.7. The minimum absolute atomic E-state index is 0.215. The van der Waals surface area contributed by atoms with E-state index in [9.17, 15) is 9.90 Å². The van der Waals surface area contributed by atoms with Crippen LogP contribution >= 0.6 is 0 Å². The molecule has 2 aromatic carbocycles. The van der Waals surface area contributed by atoms with Gasteiger partial charge in [0.2, 0.25) is 0 Å². The fourth-order valence-electron chi connectivity index (χ4n) is 1.80. The summed E-state index contributed by atoms with van der Waals surface area (Å²) < 4.78 is 0. The average Bonchev–Trinajstić information content (AvgIpc) is 2.44. The lowest BCUT2D eigenvalue weighted by atomic mass is 10.1. The Labute approximate surface area is 118 Å². The molecule has 0 spiro atoms. The number of phenolic OH excluding ortho intramolecular Hbond substituents is 1. The van der Waals surface area contributed by atoms with Gasteiger partial charge in [-0.1, -0.05) is 29.8 Å². The summed E-state index contributed by atoms with van der Waals surface area (Å²) >= 11 is 0. The molecule has 0 bridgehead atoms. The van der Waals surface area contributed by atoms with Gasteiger partial charge >= 0.3 is 6.03 Å². The Balaban J connectivity index is 1.75. The van der Waals surface area contributed by atoms with Gasteiger partial charge in [0.25, 0.3) is 0 Å². The summed E-state index contributed by atoms with van der Waals surface area (Å²) in [7, 11) is 0. The Morgan fingerprint density at radius 1 is 1.05 bits per heavy atom. The highest BCUT2D eigenvalue weighted by atomic mass is 16.3. The van der Waals surface area contributed by atoms with Gasteiger partial charge in [0.1, 0.15) is 5.75 Å². The molecule has 2 amide bonds. The number of carbonyl (C=O) groups excluding carboxylic acids is 1. The molecule has 4 nitrogen and oxygen atoms in total. The molecule has 0 heterocycles. The average molecular weight is 270 g/mol. The topological polar surface area (TPSA) is 61.4 Å². The van der Waals surface area contributed by atoms with Gasteiger partial charge in [0.15, 0.2) is 0 Å². The fraction of sp³-hybridized carbons (Fsp3) is 0.188. The highest BCUT2D eigenvalue weighted by molar-refractivity contribution is 5.89. The zero-order valence-corrected chi connectivity index (χ0v) is 11.4. The predicted octanol–water partition coefficient (Wildman–Crippen LogP) is 3.06. The zero-order chi connectivity index (χ0) is 14.4. The third kappa shape index (κ3) is 4.31. The summed E-state index contributed by atoms with van der Waals surface area (Å²) in [6.45, 7) is 2.55. The Bertz CT molecular complexity index is 562. The first kappa shape index (κ1) is 13.9. The largest absolute Gasteiger partial charge is 0.508 e. The van der Waals surface area contributed by atoms with Crippen LogP contribution in [0.2, 0.25) is 0 Å². The van der Waals surface area contributed by atoms with Crippen LogP contribution in [0.1, 0.15) is 11.1 Å². The van der Waals surface area contributed by atoms with Gasteiger partial charge in [-0.05, 0) is 43.2 Å². The van der Waals surface area contributed by atoms with E-state index >= 15 is 0 Å². The molecule has 0 aliphatic carbocycles. The van der Waals surface area contributed by atoms with Crippen LogP contribution in [0.25, 0.3) is 0 Å². The third-order valence-electron chi connectivity index (χ3n) is 2.95. The van der Waals surface area contributed by atoms with Crippen molar-refractivity contribution in [3.63, 3.8) is 0 Å². The van der Waals surface area contributed by atoms with Crippen LogP contribution in [0, 0.1) is 6.92 Å². The Kier molecular flexibility index (Phi) is 4.60. The first-order valence-corrected chi connectivity index (χ1v) is 6.53. The maximum atomic E-state index is 11.7. The van der Waals surface area contributed by atoms with Crippen molar-refractivity contribution in [2.45, 2.75) is 13.3 Å². The highest BCUT2D eigenvalue weighted by Crippen LogP contribution is 2.10. The van der Waals surface area contributed by atoms with Crippen molar-refractivity contribution in [1.82, 2.24) is 5.32 Å². The molecular weight excluding hydrogens is 252 g/mol. The van der Waals surface area contributed by atoms with Crippen LogP contribution in [0.5, 0.6) is 5.75 Å². The molecule has 0 radical (unpaired) electrons. The van der Waals surface area contributed by atoms with Crippen LogP contribution in [-0.2, 0) is 6.42 Å². The Morgan fingerprint density at radius 2 is 1.70 bits per heavy atom. The Hall–Kier alpha value is -2.49. The summed E-state index contributed by atoms with van der Waals surface area (Å²) in [5.41, 5.74) is 3.00. The summed E-state index contributed by atoms with van der Waals surface area (Å²) in [5.74, 6) is 0.249. The number of phenols is 1. The van der Waals surface area contributed by atoms with Crippen LogP contribution in [-0.4, -0.2) is 17.7 Å². The molecule has 0 aromatic heterocycles. The number of nitrogens with one attached hydrogen (secondary N) is 2. The second-order valence-electron chi connectivity index (χ2n) is 4.66. The van der Waals surface area contributed by atoms with Crippen LogP contribution in [0.15, 0.2) is 48.5 Å². The van der Waals surface area contributed by atoms with Crippen molar-refractivity contribution < 1.29 is 9.90 Å². The van der Waals surface area contributed by atoms with Gasteiger partial charge in [-0.25, -0.2) is 4.79 Å². The number of anilines is 1. The van der Waals surface area contributed by atoms with Crippen LogP contribution < -0.4 is 10.6 Å². The number of amides is 2. The summed E-state index contributed by atoms with van der Waals surface area (Å²) in [6.07, 6.45) is 0.724. The van der Waals surface area contributed by atoms with E-state index in [1.54, 1.807) is 12.1 Å². The molecule has 0 atom stereocenters. The summed E-state index contributed by atoms with van der Waals surface area (Å²) in [4.78, 5) is 11.7. The van der Waals surface area contributed by atoms with Gasteiger partial charge in [0.05, 0.1) is 0 Å². The number of benzene rings is 2. The normalized spacial score (nSPS) is 10.1. The molecule has 4 heteroatoms. The molecule has 0 saturated heterocycles. The first-order chi connectivity index (χ1) is 9.63. The second kappa shape index (κ2) is 6.61. The number of carbonyl (C=O) groups is 1. The number of urea groups is 1. The van der Waals surface area contributed by atoms with Crippen molar-refractivity contribution in [1.29, 1.82) is 0 Å². The molecule has 0 unspecified atom stereocenters. The van der Waals surface area contributed by atoms with E-state index < -0.39 is 0 Å². The standard InChI is InChI=1S/C16H18N2O2/c1-12-2-6-14(7-3-12)18-16(20)17-11-10-13-4-8-15(19)9-5-13/h2-9,19H,10-11H2,1H3,(H2,17,18,20). The van der Waals surface area contributed by atoms with Gasteiger partial charge in [-0.15, -0.1) is 0 Å². The van der Waals surface area contributed by atoms with Crippen LogP contribution in [0.4, 0.5) is 10.5 Å². The van der Waals surface area contributed by atoms with Crippen molar-refractivity contribution in [2.24, 2.45) is 0 Å². The molecule has 2 rings (SSSR count). The number of hydrogen-bond donors (Lipinski definition) is 3. The molecule has 104 valence electrons. The monoisotopic (exact) mass is 270 g/mol. The molecule has 0 aliphatic rings. The molecule has 0 aliphatic heterocycles. The van der Waals surface area contributed by atoms with Crippen LogP contribution in [0.3, 0.4) is 0 Å². The van der Waals surface area contributed by atoms with Gasteiger partial charge in [0, 0.05) is 12.2 Å². The lowest BCUT2D eigenvalue weighted by Gasteiger charge is -2.08. The van der Waals surface area contributed by atoms with E-state index in [0.29, 0.717) is 6.54 Å². The molecular formula is C16H18N2O2. The van der Waals surface area contributed by atoms with Crippen molar-refractivity contribution in [2.75, 3.05) is 11.9 Å². The molecule has 0 saturated carbocycles. The SMILES string of the molecule is Cc1ccc(NC(=O)NCCc2ccc(O)cc2)cc1. The van der Waals surface area contributed by atoms with E-state index in [2.05, 4.69) is 10.6 Å². The lowest BCUT2D eigenvalue weighted by molar-refractivity contribution is 0.252. The van der Waals surface area contributed by atoms with E-state index in [0.717, 1.165) is 23.2 Å². The van der Waals surface area contributed by atoms with Gasteiger partial charge in [-0.3, -0.25) is 0 Å². The van der Waals surface area contributed by atoms with Gasteiger partial charge < -0.3 is 15.7 Å². The second-order valence-corrected chi connectivity index (χ2v) is 4.66. The highest BCUT2D eigenvalue weighted by Gasteiger charge is 2.01. The summed E-state index contributed by atoms with van der Waals surface area (Å²) in [6, 6.07) is 14.4. The van der Waals surface area contributed by atoms with E-state index in [4.69, 9.17) is 0 Å². The lowest BCUT2D eigenvalue weighted by Crippen LogP contribution is -2.30. The molecule has 0 fully saturated rings. The quantitative estimate of drug-likeness (QED) is 0.799. The predicted molar refractivity (Wildman–Crippen MR) is 80.0 cm³/mol. The van der Waals surface area contributed by atoms with E-state index in [1.165, 1.54) is 0 Å². The zero-order valence-electron chi connectivity index (χ0n) is 11.4. The number of aromatic hydroxyl groups is 1. The smallest absolute Gasteiger partial charge is 0.319 e. The van der Waals surface area contributed by atoms with E-state index in [1.807, 2.05) is 43.3 Å². The molecule has 2 aromatic rings. The fourth-order valence-corrected chi connectivity index (χ4v) is 1.80. The maximum Gasteiger partial charge on any atom is 0.319 e. The minimum Gasteiger partial charge on any atom is -0.508 e. The third-order valence-corrected chi connectivity index (χ3v) is 2.95. The molecule has 3 N–H and O–H groups in total. The van der Waals surface area contributed by atoms with Gasteiger partial charge in [-0.2, -0.15) is 0 Å². The minimum atomic E-state index is -0.215. The van der Waals surface area contributed by atoms with Crippen molar-refractivity contribution in [3.05, 3.63) is 59.7 Å². The number of hydrogen-bond acceptors (Lipinski definition) is 2. The Morgan fingerprint density at radius 3 is 2.35 bits per heavy atom. The first-order valence-electron chi connectivity index (χ1n) is 6.53. The van der Waals surface area contributed by atoms with E-state index in [-0.39, 0.29) is 11.8 Å². The summed E-state index contributed by atoms with van der Waals surface area (Å²) in [5, 5.41) is 14.7.